The predicted molar refractivity (Wildman–Crippen MR) is 322 cm³/mol. The molecule has 1 saturated carbocycles. The molecule has 0 aromatic heterocycles. The number of aliphatic hydroxyl groups excluding tert-OH is 1. The third kappa shape index (κ3) is 23.3. The van der Waals surface area contributed by atoms with Gasteiger partial charge in [0.2, 0.25) is 5.79 Å². The van der Waals surface area contributed by atoms with E-state index in [1.807, 2.05) is 78.0 Å². The number of amides is 1. The van der Waals surface area contributed by atoms with Gasteiger partial charge < -0.3 is 67.2 Å². The highest BCUT2D eigenvalue weighted by Crippen LogP contribution is 2.39. The minimum atomic E-state index is -2.44. The quantitative estimate of drug-likeness (QED) is 0.0422. The molecule has 1 unspecified atom stereocenters. The second kappa shape index (κ2) is 38.6. The first kappa shape index (κ1) is 73.7. The molecular formula is C66H109NO18. The van der Waals surface area contributed by atoms with Crippen LogP contribution in [0.3, 0.4) is 0 Å². The number of ketones is 2. The maximum absolute atomic E-state index is 14.8. The summed E-state index contributed by atoms with van der Waals surface area (Å²) in [5.74, 6) is -7.82. The molecule has 3 aliphatic heterocycles. The molecule has 19 nitrogen and oxygen atoms in total. The van der Waals surface area contributed by atoms with E-state index in [-0.39, 0.29) is 60.9 Å². The fraction of sp³-hybridized carbons (Fsp3) is 0.803. The van der Waals surface area contributed by atoms with Gasteiger partial charge in [0, 0.05) is 78.8 Å². The van der Waals surface area contributed by atoms with Gasteiger partial charge >= 0.3 is 11.9 Å². The van der Waals surface area contributed by atoms with Gasteiger partial charge in [0.25, 0.3) is 11.7 Å². The summed E-state index contributed by atoms with van der Waals surface area (Å²) in [7, 11) is 6.20. The van der Waals surface area contributed by atoms with Gasteiger partial charge in [-0.25, -0.2) is 4.79 Å². The first-order valence-corrected chi connectivity index (χ1v) is 31.6. The molecule has 3 fully saturated rings. The van der Waals surface area contributed by atoms with Gasteiger partial charge in [-0.3, -0.25) is 19.2 Å². The van der Waals surface area contributed by atoms with Gasteiger partial charge in [0.15, 0.2) is 5.78 Å². The average molecular weight is 1200 g/mol. The molecule has 0 aromatic rings. The van der Waals surface area contributed by atoms with E-state index in [2.05, 4.69) is 6.92 Å². The topological polar surface area (TPSA) is 231 Å². The Morgan fingerprint density at radius 1 is 0.729 bits per heavy atom. The van der Waals surface area contributed by atoms with E-state index in [1.54, 1.807) is 35.2 Å². The summed E-state index contributed by atoms with van der Waals surface area (Å²) in [4.78, 5) is 72.4. The number of cyclic esters (lactones) is 1. The number of esters is 2. The van der Waals surface area contributed by atoms with E-state index >= 15 is 0 Å². The number of carbonyl (C=O) groups is 5. The molecule has 2 bridgehead atoms. The van der Waals surface area contributed by atoms with Crippen LogP contribution in [0.25, 0.3) is 0 Å². The number of ether oxygens (including phenoxy) is 11. The predicted octanol–water partition coefficient (Wildman–Crippen LogP) is 8.68. The zero-order chi connectivity index (χ0) is 62.6. The third-order valence-electron chi connectivity index (χ3n) is 17.7. The van der Waals surface area contributed by atoms with Crippen molar-refractivity contribution in [1.82, 2.24) is 4.90 Å². The highest BCUT2D eigenvalue weighted by molar-refractivity contribution is 6.39. The summed E-state index contributed by atoms with van der Waals surface area (Å²) in [5.41, 5.74) is 1.40. The largest absolute Gasteiger partial charge is 0.460 e. The Kier molecular flexibility index (Phi) is 33.5. The standard InChI is InChI=1S/C66H109NO18/c1-14-29-79-31-33-81-35-36-82-34-32-80-30-27-45(4)64(72)83-54-26-24-51(40-58(54)77-12)39-47(6)57-42-56(76-11)46(5)38-49(8)60(69)61(78-13)59(68)48(7)37-43(2)20-16-15-17-21-44(3)55(75-10)41-52-25-23-50(9)66(74,85-52)62(70)63(71)67-28-19-18-22-53(67)65(73)84-57/h15-17,20-21,38,43,45-48,50-58,60-61,69,74H,14,18-19,22-37,39-42H2,1-13H3/b17-15+,20-16+,44-21+,49-38+/t43-,45?,46-,47-,48-,50-,51+,52+,53+,54-,55+,56-,57+,58-,60-,61+,66-/m1/s1. The van der Waals surface area contributed by atoms with E-state index in [0.29, 0.717) is 122 Å². The Morgan fingerprint density at radius 2 is 1.39 bits per heavy atom. The number of rotatable bonds is 23. The molecule has 3 heterocycles. The van der Waals surface area contributed by atoms with Gasteiger partial charge in [-0.15, -0.1) is 0 Å². The number of hydrogen-bond donors (Lipinski definition) is 2. The minimum Gasteiger partial charge on any atom is -0.460 e. The minimum absolute atomic E-state index is 0.0250. The summed E-state index contributed by atoms with van der Waals surface area (Å²) in [6.45, 7) is 21.1. The van der Waals surface area contributed by atoms with Crippen LogP contribution in [0.15, 0.2) is 47.6 Å². The van der Waals surface area contributed by atoms with E-state index in [0.717, 1.165) is 18.6 Å². The van der Waals surface area contributed by atoms with Crippen molar-refractivity contribution >= 4 is 29.4 Å². The van der Waals surface area contributed by atoms with Crippen molar-refractivity contribution < 1.29 is 86.3 Å². The lowest BCUT2D eigenvalue weighted by molar-refractivity contribution is -0.265. The number of carbonyl (C=O) groups excluding carboxylic acids is 5. The van der Waals surface area contributed by atoms with E-state index in [4.69, 9.17) is 52.1 Å². The van der Waals surface area contributed by atoms with Gasteiger partial charge in [0.05, 0.1) is 70.0 Å². The van der Waals surface area contributed by atoms with Crippen molar-refractivity contribution in [1.29, 1.82) is 0 Å². The Morgan fingerprint density at radius 3 is 2.02 bits per heavy atom. The maximum Gasteiger partial charge on any atom is 0.329 e. The van der Waals surface area contributed by atoms with Crippen molar-refractivity contribution in [2.45, 2.75) is 213 Å². The fourth-order valence-electron chi connectivity index (χ4n) is 12.2. The Balaban J connectivity index is 1.55. The number of nitrogens with zero attached hydrogens (tertiary/aromatic N) is 1. The number of Topliss-reactive ketones (excluding diaryl/α,β-unsaturated/α-hetero) is 2. The van der Waals surface area contributed by atoms with Gasteiger partial charge in [-0.2, -0.15) is 0 Å². The van der Waals surface area contributed by atoms with E-state index < -0.39 is 90.0 Å². The lowest BCUT2D eigenvalue weighted by atomic mass is 9.78. The molecule has 17 atom stereocenters. The molecule has 2 N–H and O–H groups in total. The highest BCUT2D eigenvalue weighted by atomic mass is 16.6. The fourth-order valence-corrected chi connectivity index (χ4v) is 12.2. The number of piperidine rings is 1. The van der Waals surface area contributed by atoms with E-state index in [9.17, 15) is 34.2 Å². The maximum atomic E-state index is 14.8. The number of methoxy groups -OCH3 is 4. The Hall–Kier alpha value is -3.73. The lowest BCUT2D eigenvalue weighted by Crippen LogP contribution is -2.61. The van der Waals surface area contributed by atoms with Gasteiger partial charge in [-0.05, 0) is 120 Å². The van der Waals surface area contributed by atoms with Crippen molar-refractivity contribution in [3.8, 4) is 0 Å². The molecular weight excluding hydrogens is 1090 g/mol. The molecule has 19 heteroatoms. The second-order valence-electron chi connectivity index (χ2n) is 24.5. The molecule has 1 aliphatic carbocycles. The van der Waals surface area contributed by atoms with Crippen LogP contribution in [-0.4, -0.2) is 193 Å². The highest BCUT2D eigenvalue weighted by Gasteiger charge is 2.53. The van der Waals surface area contributed by atoms with Crippen LogP contribution in [-0.2, 0) is 76.1 Å². The van der Waals surface area contributed by atoms with Crippen LogP contribution in [0.1, 0.15) is 152 Å². The van der Waals surface area contributed by atoms with Crippen LogP contribution in [0.5, 0.6) is 0 Å². The Bertz CT molecular complexity index is 2150. The smallest absolute Gasteiger partial charge is 0.329 e. The van der Waals surface area contributed by atoms with Crippen molar-refractivity contribution in [3.63, 3.8) is 0 Å². The molecule has 0 spiro atoms. The molecule has 1 amide bonds. The summed E-state index contributed by atoms with van der Waals surface area (Å²) < 4.78 is 64.9. The van der Waals surface area contributed by atoms with Crippen LogP contribution in [0, 0.1) is 41.4 Å². The van der Waals surface area contributed by atoms with Gasteiger partial charge in [-0.1, -0.05) is 84.9 Å². The zero-order valence-corrected chi connectivity index (χ0v) is 53.8. The number of fused-ring (bicyclic) bond motifs is 3. The summed E-state index contributed by atoms with van der Waals surface area (Å²) >= 11 is 0. The van der Waals surface area contributed by atoms with Crippen molar-refractivity contribution in [3.05, 3.63) is 47.6 Å². The van der Waals surface area contributed by atoms with Crippen LogP contribution < -0.4 is 0 Å². The number of aliphatic hydroxyl groups is 2. The first-order valence-electron chi connectivity index (χ1n) is 31.6. The summed E-state index contributed by atoms with van der Waals surface area (Å²) in [6, 6.07) is -1.12. The molecule has 2 saturated heterocycles. The monoisotopic (exact) mass is 1200 g/mol. The van der Waals surface area contributed by atoms with Crippen LogP contribution >= 0.6 is 0 Å². The SMILES string of the molecule is CCCOCCOCCOCCOCCC(C)C(=O)O[C@@H]1CC[C@@H](C[C@@H](C)[C@@H]2C[C@@H](OC)[C@H](C)/C=C(\C)[C@@H](O)[C@@H](OC)C(=O)[C@H](C)C[C@H](C)/C=C/C=C/C=C(\C)[C@@H](OC)C[C@@H]3CC[C@@H](C)[C@@](O)(O3)C(=O)C(=O)N3CCCC[C@H]3C(=O)O2)C[C@H]1OC. The van der Waals surface area contributed by atoms with Crippen molar-refractivity contribution in [2.75, 3.05) is 87.8 Å². The summed E-state index contributed by atoms with van der Waals surface area (Å²) in [6.07, 6.45) is 13.3. The Labute approximate surface area is 508 Å². The molecule has 0 radical (unpaired) electrons. The summed E-state index contributed by atoms with van der Waals surface area (Å²) in [5, 5.41) is 23.9. The first-order chi connectivity index (χ1) is 40.6. The normalized spacial score (nSPS) is 34.9. The third-order valence-corrected chi connectivity index (χ3v) is 17.7. The molecule has 486 valence electrons. The zero-order valence-electron chi connectivity index (χ0n) is 53.8. The number of hydrogen-bond acceptors (Lipinski definition) is 18. The van der Waals surface area contributed by atoms with E-state index in [1.165, 1.54) is 12.0 Å². The van der Waals surface area contributed by atoms with Crippen LogP contribution in [0.4, 0.5) is 0 Å². The molecule has 85 heavy (non-hydrogen) atoms. The van der Waals surface area contributed by atoms with Crippen molar-refractivity contribution in [2.24, 2.45) is 41.4 Å². The molecule has 4 aliphatic rings. The number of allylic oxidation sites excluding steroid dienone is 5. The second-order valence-corrected chi connectivity index (χ2v) is 24.5. The molecule has 0 aromatic carbocycles. The van der Waals surface area contributed by atoms with Gasteiger partial charge in [0.1, 0.15) is 30.5 Å². The lowest BCUT2D eigenvalue weighted by Gasteiger charge is -2.43. The average Bonchev–Trinajstić information content (AvgIpc) is 3.24. The molecule has 4 rings (SSSR count). The van der Waals surface area contributed by atoms with Crippen LogP contribution in [0.2, 0.25) is 0 Å².